The van der Waals surface area contributed by atoms with Crippen molar-refractivity contribution in [2.75, 3.05) is 26.2 Å². The summed E-state index contributed by atoms with van der Waals surface area (Å²) in [7, 11) is 0. The number of aromatic nitrogens is 1. The number of benzene rings is 2. The maximum Gasteiger partial charge on any atom is 0.241 e. The Kier molecular flexibility index (Phi) is 6.71. The summed E-state index contributed by atoms with van der Waals surface area (Å²) >= 11 is 7.64. The number of hydrazine groups is 1. The van der Waals surface area contributed by atoms with E-state index in [0.29, 0.717) is 19.5 Å². The van der Waals surface area contributed by atoms with Gasteiger partial charge in [-0.15, -0.1) is 11.3 Å². The SMILES string of the molecule is O=C(C1CC(c2ccc(F)cc2)NN1)N1CCN(Cc2nc(-c3ccc(Cl)cc3)cs2)CC1. The molecule has 2 aliphatic heterocycles. The Morgan fingerprint density at radius 3 is 2.52 bits per heavy atom. The van der Waals surface area contributed by atoms with Crippen molar-refractivity contribution in [3.63, 3.8) is 0 Å². The molecule has 2 aromatic carbocycles. The summed E-state index contributed by atoms with van der Waals surface area (Å²) in [5.41, 5.74) is 9.31. The number of thiazole rings is 1. The summed E-state index contributed by atoms with van der Waals surface area (Å²) in [5, 5.41) is 3.87. The zero-order valence-corrected chi connectivity index (χ0v) is 19.6. The third kappa shape index (κ3) is 5.26. The molecule has 5 rings (SSSR count). The van der Waals surface area contributed by atoms with E-state index < -0.39 is 0 Å². The van der Waals surface area contributed by atoms with Gasteiger partial charge in [0, 0.05) is 48.2 Å². The van der Waals surface area contributed by atoms with Gasteiger partial charge in [0.2, 0.25) is 5.91 Å². The van der Waals surface area contributed by atoms with E-state index in [4.69, 9.17) is 16.6 Å². The first-order valence-corrected chi connectivity index (χ1v) is 12.3. The van der Waals surface area contributed by atoms with Gasteiger partial charge >= 0.3 is 0 Å². The number of nitrogens with zero attached hydrogens (tertiary/aromatic N) is 3. The predicted molar refractivity (Wildman–Crippen MR) is 128 cm³/mol. The average Bonchev–Trinajstić information content (AvgIpc) is 3.51. The molecule has 6 nitrogen and oxygen atoms in total. The lowest BCUT2D eigenvalue weighted by molar-refractivity contribution is -0.135. The Balaban J connectivity index is 1.11. The fourth-order valence-electron chi connectivity index (χ4n) is 4.31. The molecule has 33 heavy (non-hydrogen) atoms. The topological polar surface area (TPSA) is 60.5 Å². The van der Waals surface area contributed by atoms with Gasteiger partial charge in [0.05, 0.1) is 12.2 Å². The minimum Gasteiger partial charge on any atom is -0.339 e. The quantitative estimate of drug-likeness (QED) is 0.574. The van der Waals surface area contributed by atoms with Gasteiger partial charge in [0.15, 0.2) is 0 Å². The molecule has 2 unspecified atom stereocenters. The van der Waals surface area contributed by atoms with Gasteiger partial charge in [-0.2, -0.15) is 0 Å². The maximum atomic E-state index is 13.2. The van der Waals surface area contributed by atoms with Gasteiger partial charge < -0.3 is 4.90 Å². The van der Waals surface area contributed by atoms with Crippen LogP contribution in [0.1, 0.15) is 23.0 Å². The van der Waals surface area contributed by atoms with Crippen molar-refractivity contribution in [3.8, 4) is 11.3 Å². The molecule has 2 saturated heterocycles. The first-order chi connectivity index (χ1) is 16.0. The van der Waals surface area contributed by atoms with Crippen molar-refractivity contribution in [3.05, 3.63) is 75.3 Å². The van der Waals surface area contributed by atoms with E-state index in [1.54, 1.807) is 23.5 Å². The van der Waals surface area contributed by atoms with Crippen molar-refractivity contribution in [1.29, 1.82) is 0 Å². The number of hydrogen-bond donors (Lipinski definition) is 2. The molecule has 0 aliphatic carbocycles. The highest BCUT2D eigenvalue weighted by molar-refractivity contribution is 7.09. The zero-order valence-electron chi connectivity index (χ0n) is 18.0. The molecule has 1 amide bonds. The second-order valence-corrected chi connectivity index (χ2v) is 9.80. The second-order valence-electron chi connectivity index (χ2n) is 8.42. The van der Waals surface area contributed by atoms with Crippen LogP contribution >= 0.6 is 22.9 Å². The summed E-state index contributed by atoms with van der Waals surface area (Å²) in [6.45, 7) is 3.84. The standard InChI is InChI=1S/C24H25ClFN5OS/c25-18-5-1-17(2-6-18)22-15-33-23(27-22)14-30-9-11-31(12-10-30)24(32)21-13-20(28-29-21)16-3-7-19(26)8-4-16/h1-8,15,20-21,28-29H,9-14H2. The monoisotopic (exact) mass is 485 g/mol. The third-order valence-electron chi connectivity index (χ3n) is 6.21. The van der Waals surface area contributed by atoms with Gasteiger partial charge in [-0.05, 0) is 36.2 Å². The number of nitrogens with one attached hydrogen (secondary N) is 2. The van der Waals surface area contributed by atoms with Gasteiger partial charge in [-0.1, -0.05) is 35.9 Å². The van der Waals surface area contributed by atoms with Crippen LogP contribution in [-0.4, -0.2) is 52.9 Å². The van der Waals surface area contributed by atoms with Crippen LogP contribution in [0.5, 0.6) is 0 Å². The first-order valence-electron chi connectivity index (χ1n) is 11.0. The first kappa shape index (κ1) is 22.4. The van der Waals surface area contributed by atoms with Gasteiger partial charge in [0.1, 0.15) is 16.9 Å². The van der Waals surface area contributed by atoms with Crippen LogP contribution in [0, 0.1) is 5.82 Å². The number of halogens is 2. The summed E-state index contributed by atoms with van der Waals surface area (Å²) < 4.78 is 13.2. The molecule has 2 fully saturated rings. The summed E-state index contributed by atoms with van der Waals surface area (Å²) in [4.78, 5) is 22.1. The normalized spacial score (nSPS) is 21.5. The zero-order chi connectivity index (χ0) is 22.8. The molecule has 2 atom stereocenters. The second kappa shape index (κ2) is 9.87. The molecule has 9 heteroatoms. The number of carbonyl (C=O) groups excluding carboxylic acids is 1. The smallest absolute Gasteiger partial charge is 0.241 e. The molecule has 3 heterocycles. The van der Waals surface area contributed by atoms with Crippen molar-refractivity contribution in [2.24, 2.45) is 0 Å². The Morgan fingerprint density at radius 1 is 1.06 bits per heavy atom. The van der Waals surface area contributed by atoms with E-state index in [1.807, 2.05) is 29.2 Å². The highest BCUT2D eigenvalue weighted by atomic mass is 35.5. The Hall–Kier alpha value is -2.36. The summed E-state index contributed by atoms with van der Waals surface area (Å²) in [6.07, 6.45) is 0.650. The molecule has 3 aromatic rings. The Morgan fingerprint density at radius 2 is 1.79 bits per heavy atom. The number of carbonyl (C=O) groups is 1. The maximum absolute atomic E-state index is 13.2. The van der Waals surface area contributed by atoms with Crippen LogP contribution in [0.15, 0.2) is 53.9 Å². The van der Waals surface area contributed by atoms with Crippen LogP contribution in [0.3, 0.4) is 0 Å². The number of amides is 1. The Labute approximate surface area is 201 Å². The summed E-state index contributed by atoms with van der Waals surface area (Å²) in [6, 6.07) is 13.9. The van der Waals surface area contributed by atoms with Crippen LogP contribution in [-0.2, 0) is 11.3 Å². The van der Waals surface area contributed by atoms with Gasteiger partial charge in [0.25, 0.3) is 0 Å². The predicted octanol–water partition coefficient (Wildman–Crippen LogP) is 3.85. The van der Waals surface area contributed by atoms with Crippen molar-refractivity contribution < 1.29 is 9.18 Å². The van der Waals surface area contributed by atoms with Crippen molar-refractivity contribution >= 4 is 28.8 Å². The fraction of sp³-hybridized carbons (Fsp3) is 0.333. The van der Waals surface area contributed by atoms with E-state index in [2.05, 4.69) is 21.1 Å². The Bertz CT molecular complexity index is 1100. The van der Waals surface area contributed by atoms with E-state index in [9.17, 15) is 9.18 Å². The minimum absolute atomic E-state index is 0.000535. The molecular weight excluding hydrogens is 461 g/mol. The molecule has 0 radical (unpaired) electrons. The summed E-state index contributed by atoms with van der Waals surface area (Å²) in [5.74, 6) is -0.139. The lowest BCUT2D eigenvalue weighted by Gasteiger charge is -2.35. The van der Waals surface area contributed by atoms with Crippen LogP contribution in [0.4, 0.5) is 4.39 Å². The minimum atomic E-state index is -0.271. The van der Waals surface area contributed by atoms with E-state index in [0.717, 1.165) is 46.5 Å². The van der Waals surface area contributed by atoms with E-state index >= 15 is 0 Å². The van der Waals surface area contributed by atoms with E-state index in [-0.39, 0.29) is 23.8 Å². The molecule has 0 bridgehead atoms. The van der Waals surface area contributed by atoms with Crippen molar-refractivity contribution in [2.45, 2.75) is 25.0 Å². The van der Waals surface area contributed by atoms with Crippen LogP contribution < -0.4 is 10.9 Å². The molecule has 2 aliphatic rings. The molecule has 2 N–H and O–H groups in total. The van der Waals surface area contributed by atoms with Gasteiger partial charge in [-0.25, -0.2) is 20.2 Å². The fourth-order valence-corrected chi connectivity index (χ4v) is 5.28. The molecule has 1 aromatic heterocycles. The van der Waals surface area contributed by atoms with Crippen molar-refractivity contribution in [1.82, 2.24) is 25.6 Å². The number of piperazine rings is 1. The molecular formula is C24H25ClFN5OS. The largest absolute Gasteiger partial charge is 0.339 e. The average molecular weight is 486 g/mol. The molecule has 172 valence electrons. The lowest BCUT2D eigenvalue weighted by atomic mass is 10.0. The van der Waals surface area contributed by atoms with Crippen LogP contribution in [0.2, 0.25) is 5.02 Å². The lowest BCUT2D eigenvalue weighted by Crippen LogP contribution is -2.53. The number of rotatable bonds is 5. The van der Waals surface area contributed by atoms with Crippen LogP contribution in [0.25, 0.3) is 11.3 Å². The molecule has 0 saturated carbocycles. The number of hydrogen-bond acceptors (Lipinski definition) is 6. The highest BCUT2D eigenvalue weighted by Crippen LogP contribution is 2.26. The molecule has 0 spiro atoms. The third-order valence-corrected chi connectivity index (χ3v) is 7.29. The highest BCUT2D eigenvalue weighted by Gasteiger charge is 2.34. The van der Waals surface area contributed by atoms with Gasteiger partial charge in [-0.3, -0.25) is 9.69 Å². The van der Waals surface area contributed by atoms with E-state index in [1.165, 1.54) is 12.1 Å².